The third-order valence-electron chi connectivity index (χ3n) is 2.45. The van der Waals surface area contributed by atoms with Gasteiger partial charge in [0, 0.05) is 4.88 Å². The second-order valence-electron chi connectivity index (χ2n) is 3.71. The molecule has 0 aliphatic heterocycles. The van der Waals surface area contributed by atoms with Gasteiger partial charge in [-0.05, 0) is 25.4 Å². The summed E-state index contributed by atoms with van der Waals surface area (Å²) in [5.41, 5.74) is 8.78. The smallest absolute Gasteiger partial charge is 0.344 e. The van der Waals surface area contributed by atoms with Crippen LogP contribution in [0.3, 0.4) is 0 Å². The van der Waals surface area contributed by atoms with Crippen molar-refractivity contribution in [1.29, 1.82) is 0 Å². The van der Waals surface area contributed by atoms with Crippen LogP contribution in [-0.2, 0) is 11.3 Å². The number of anilines is 2. The number of esters is 1. The van der Waals surface area contributed by atoms with Crippen LogP contribution in [0, 0.1) is 6.92 Å². The summed E-state index contributed by atoms with van der Waals surface area (Å²) in [5.74, 6) is -0.246. The molecule has 0 unspecified atom stereocenters. The van der Waals surface area contributed by atoms with Crippen molar-refractivity contribution < 1.29 is 9.53 Å². The summed E-state index contributed by atoms with van der Waals surface area (Å²) in [6.07, 6.45) is 0. The van der Waals surface area contributed by atoms with Gasteiger partial charge in [0.15, 0.2) is 5.82 Å². The molecule has 2 heterocycles. The third-order valence-corrected chi connectivity index (χ3v) is 4.21. The van der Waals surface area contributed by atoms with Crippen molar-refractivity contribution in [1.82, 2.24) is 9.36 Å². The van der Waals surface area contributed by atoms with E-state index in [-0.39, 0.29) is 5.82 Å². The molecule has 3 N–H and O–H groups in total. The molecular formula is C11H14N4O2S2. The zero-order chi connectivity index (χ0) is 13.8. The summed E-state index contributed by atoms with van der Waals surface area (Å²) in [6, 6.07) is 0. The average molecular weight is 298 g/mol. The number of aryl methyl sites for hydroxylation is 1. The SMILES string of the molecule is CCOC(=O)c1c(N)nsc1NCc1scnc1C. The molecule has 0 bridgehead atoms. The normalized spacial score (nSPS) is 10.4. The van der Waals surface area contributed by atoms with Crippen LogP contribution in [0.15, 0.2) is 5.51 Å². The fourth-order valence-corrected chi connectivity index (χ4v) is 2.89. The van der Waals surface area contributed by atoms with Crippen LogP contribution >= 0.6 is 22.9 Å². The zero-order valence-corrected chi connectivity index (χ0v) is 12.2. The Labute approximate surface area is 118 Å². The molecule has 0 saturated heterocycles. The Morgan fingerprint density at radius 1 is 1.58 bits per heavy atom. The molecular weight excluding hydrogens is 284 g/mol. The van der Waals surface area contributed by atoms with Gasteiger partial charge in [0.1, 0.15) is 10.6 Å². The minimum Gasteiger partial charge on any atom is -0.462 e. The molecule has 0 fully saturated rings. The number of nitrogen functional groups attached to an aromatic ring is 1. The van der Waals surface area contributed by atoms with E-state index in [2.05, 4.69) is 14.7 Å². The van der Waals surface area contributed by atoms with Crippen LogP contribution in [0.4, 0.5) is 10.8 Å². The van der Waals surface area contributed by atoms with Crippen LogP contribution in [-0.4, -0.2) is 21.9 Å². The number of hydrogen-bond acceptors (Lipinski definition) is 8. The molecule has 0 spiro atoms. The van der Waals surface area contributed by atoms with Gasteiger partial charge in [0.25, 0.3) is 0 Å². The fraction of sp³-hybridized carbons (Fsp3) is 0.364. The van der Waals surface area contributed by atoms with E-state index in [0.717, 1.165) is 22.1 Å². The van der Waals surface area contributed by atoms with E-state index in [1.807, 2.05) is 6.92 Å². The van der Waals surface area contributed by atoms with Crippen LogP contribution in [0.25, 0.3) is 0 Å². The molecule has 0 atom stereocenters. The number of rotatable bonds is 5. The van der Waals surface area contributed by atoms with Crippen molar-refractivity contribution in [3.05, 3.63) is 21.6 Å². The molecule has 6 nitrogen and oxygen atoms in total. The number of hydrogen-bond donors (Lipinski definition) is 2. The minimum atomic E-state index is -0.447. The fourth-order valence-electron chi connectivity index (χ4n) is 1.48. The highest BCUT2D eigenvalue weighted by molar-refractivity contribution is 7.11. The maximum absolute atomic E-state index is 11.8. The first kappa shape index (κ1) is 13.8. The molecule has 2 rings (SSSR count). The van der Waals surface area contributed by atoms with Gasteiger partial charge in [0.2, 0.25) is 0 Å². The summed E-state index contributed by atoms with van der Waals surface area (Å²) in [6.45, 7) is 4.59. The van der Waals surface area contributed by atoms with Crippen LogP contribution < -0.4 is 11.1 Å². The molecule has 0 aliphatic carbocycles. The number of carbonyl (C=O) groups is 1. The van der Waals surface area contributed by atoms with Crippen molar-refractivity contribution in [2.45, 2.75) is 20.4 Å². The van der Waals surface area contributed by atoms with E-state index in [1.54, 1.807) is 23.8 Å². The summed E-state index contributed by atoms with van der Waals surface area (Å²) in [4.78, 5) is 17.1. The molecule has 19 heavy (non-hydrogen) atoms. The lowest BCUT2D eigenvalue weighted by Gasteiger charge is -2.06. The molecule has 0 aliphatic rings. The Morgan fingerprint density at radius 3 is 3.00 bits per heavy atom. The number of aromatic nitrogens is 2. The summed E-state index contributed by atoms with van der Waals surface area (Å²) >= 11 is 2.72. The molecule has 0 aromatic carbocycles. The van der Waals surface area contributed by atoms with Gasteiger partial charge < -0.3 is 15.8 Å². The van der Waals surface area contributed by atoms with E-state index in [9.17, 15) is 4.79 Å². The van der Waals surface area contributed by atoms with E-state index in [1.165, 1.54) is 0 Å². The number of nitrogens with zero attached hydrogens (tertiary/aromatic N) is 2. The van der Waals surface area contributed by atoms with Crippen molar-refractivity contribution in [2.24, 2.45) is 0 Å². The Balaban J connectivity index is 2.13. The van der Waals surface area contributed by atoms with Crippen molar-refractivity contribution in [2.75, 3.05) is 17.7 Å². The van der Waals surface area contributed by atoms with Gasteiger partial charge in [-0.15, -0.1) is 11.3 Å². The predicted molar refractivity (Wildman–Crippen MR) is 76.7 cm³/mol. The number of thiazole rings is 1. The minimum absolute atomic E-state index is 0.201. The highest BCUT2D eigenvalue weighted by Gasteiger charge is 2.20. The topological polar surface area (TPSA) is 90.1 Å². The van der Waals surface area contributed by atoms with Gasteiger partial charge >= 0.3 is 5.97 Å². The number of nitrogens with two attached hydrogens (primary N) is 1. The molecule has 2 aromatic rings. The van der Waals surface area contributed by atoms with E-state index in [4.69, 9.17) is 10.5 Å². The van der Waals surface area contributed by atoms with Crippen LogP contribution in [0.5, 0.6) is 0 Å². The Bertz CT molecular complexity index is 579. The number of nitrogens with one attached hydrogen (secondary N) is 1. The summed E-state index contributed by atoms with van der Waals surface area (Å²) in [7, 11) is 0. The Morgan fingerprint density at radius 2 is 2.37 bits per heavy atom. The molecule has 0 amide bonds. The van der Waals surface area contributed by atoms with Gasteiger partial charge in [-0.1, -0.05) is 0 Å². The van der Waals surface area contributed by atoms with Gasteiger partial charge in [-0.2, -0.15) is 4.37 Å². The van der Waals surface area contributed by atoms with Gasteiger partial charge in [0.05, 0.1) is 24.4 Å². The first-order valence-corrected chi connectivity index (χ1v) is 7.33. The van der Waals surface area contributed by atoms with Crippen LogP contribution in [0.1, 0.15) is 27.9 Å². The number of ether oxygens (including phenoxy) is 1. The van der Waals surface area contributed by atoms with Crippen molar-refractivity contribution >= 4 is 39.7 Å². The highest BCUT2D eigenvalue weighted by Crippen LogP contribution is 2.28. The Hall–Kier alpha value is -1.67. The van der Waals surface area contributed by atoms with Gasteiger partial charge in [-0.25, -0.2) is 9.78 Å². The first-order chi connectivity index (χ1) is 9.13. The maximum atomic E-state index is 11.8. The van der Waals surface area contributed by atoms with E-state index < -0.39 is 5.97 Å². The third kappa shape index (κ3) is 3.02. The maximum Gasteiger partial charge on any atom is 0.344 e. The monoisotopic (exact) mass is 298 g/mol. The highest BCUT2D eigenvalue weighted by atomic mass is 32.1. The lowest BCUT2D eigenvalue weighted by molar-refractivity contribution is 0.0529. The average Bonchev–Trinajstić information content (AvgIpc) is 2.93. The van der Waals surface area contributed by atoms with Crippen molar-refractivity contribution in [3.8, 4) is 0 Å². The van der Waals surface area contributed by atoms with E-state index >= 15 is 0 Å². The lowest BCUT2D eigenvalue weighted by Crippen LogP contribution is -2.10. The quantitative estimate of drug-likeness (QED) is 0.823. The largest absolute Gasteiger partial charge is 0.462 e. The first-order valence-electron chi connectivity index (χ1n) is 5.68. The predicted octanol–water partition coefficient (Wildman–Crippen LogP) is 2.28. The second-order valence-corrected chi connectivity index (χ2v) is 5.42. The molecule has 0 radical (unpaired) electrons. The van der Waals surface area contributed by atoms with Crippen LogP contribution in [0.2, 0.25) is 0 Å². The molecule has 2 aromatic heterocycles. The van der Waals surface area contributed by atoms with E-state index in [0.29, 0.717) is 23.7 Å². The van der Waals surface area contributed by atoms with Crippen molar-refractivity contribution in [3.63, 3.8) is 0 Å². The lowest BCUT2D eigenvalue weighted by atomic mass is 10.3. The zero-order valence-electron chi connectivity index (χ0n) is 10.6. The molecule has 8 heteroatoms. The molecule has 102 valence electrons. The molecule has 0 saturated carbocycles. The summed E-state index contributed by atoms with van der Waals surface area (Å²) < 4.78 is 8.95. The number of carbonyl (C=O) groups excluding carboxylic acids is 1. The standard InChI is InChI=1S/C11H14N4O2S2/c1-3-17-11(16)8-9(12)15-19-10(8)13-4-7-6(2)14-5-18-7/h5,13H,3-4H2,1-2H3,(H2,12,15). The second kappa shape index (κ2) is 5.98. The Kier molecular flexibility index (Phi) is 4.33. The van der Waals surface area contributed by atoms with Gasteiger partial charge in [-0.3, -0.25) is 0 Å². The summed E-state index contributed by atoms with van der Waals surface area (Å²) in [5, 5.41) is 3.79.